The molecule has 0 bridgehead atoms. The maximum Gasteiger partial charge on any atom is 0.350 e. The van der Waals surface area contributed by atoms with Gasteiger partial charge in [-0.3, -0.25) is 14.9 Å². The molecule has 0 unspecified atom stereocenters. The predicted molar refractivity (Wildman–Crippen MR) is 100.0 cm³/mol. The zero-order valence-corrected chi connectivity index (χ0v) is 15.1. The minimum absolute atomic E-state index is 0.114. The maximum atomic E-state index is 12.3. The molecule has 0 amide bonds. The van der Waals surface area contributed by atoms with E-state index < -0.39 is 23.3 Å². The van der Waals surface area contributed by atoms with Gasteiger partial charge in [0.25, 0.3) is 5.69 Å². The summed E-state index contributed by atoms with van der Waals surface area (Å²) in [7, 11) is 0. The lowest BCUT2D eigenvalue weighted by atomic mass is 10.1. The van der Waals surface area contributed by atoms with Crippen LogP contribution in [-0.4, -0.2) is 28.3 Å². The number of Topliss-reactive ketones (excluding diaryl/α,β-unsaturated/α-hetero) is 1. The number of nitrogens with zero attached hydrogens (tertiary/aromatic N) is 2. The van der Waals surface area contributed by atoms with Gasteiger partial charge in [0.1, 0.15) is 9.88 Å². The molecule has 0 spiro atoms. The third kappa shape index (κ3) is 4.24. The summed E-state index contributed by atoms with van der Waals surface area (Å²) in [4.78, 5) is 39.2. The zero-order valence-electron chi connectivity index (χ0n) is 14.2. The molecule has 8 heteroatoms. The number of aryl methyl sites for hydroxylation is 1. The number of non-ortho nitro benzene ring substituents is 1. The normalized spacial score (nSPS) is 10.4. The lowest BCUT2D eigenvalue weighted by Gasteiger charge is -2.03. The van der Waals surface area contributed by atoms with Gasteiger partial charge in [0.15, 0.2) is 12.4 Å². The van der Waals surface area contributed by atoms with E-state index in [1.54, 1.807) is 6.92 Å². The second kappa shape index (κ2) is 7.88. The number of esters is 1. The van der Waals surface area contributed by atoms with E-state index in [1.807, 2.05) is 30.3 Å². The standard InChI is InChI=1S/C19H14N2O5S/c1-12-17(27-18(20-12)14-5-3-2-4-6-14)19(23)26-11-16(22)13-7-9-15(10-8-13)21(24)25/h2-10H,11H2,1H3. The fourth-order valence-electron chi connectivity index (χ4n) is 2.34. The van der Waals surface area contributed by atoms with Gasteiger partial charge in [-0.2, -0.15) is 0 Å². The van der Waals surface area contributed by atoms with Crippen LogP contribution in [0.25, 0.3) is 10.6 Å². The number of rotatable bonds is 6. The molecule has 0 aliphatic carbocycles. The average molecular weight is 382 g/mol. The van der Waals surface area contributed by atoms with Crippen LogP contribution in [0, 0.1) is 17.0 Å². The summed E-state index contributed by atoms with van der Waals surface area (Å²) in [6, 6.07) is 14.6. The Kier molecular flexibility index (Phi) is 5.37. The van der Waals surface area contributed by atoms with E-state index in [9.17, 15) is 19.7 Å². The molecule has 0 fully saturated rings. The first-order chi connectivity index (χ1) is 13.0. The Morgan fingerprint density at radius 1 is 1.11 bits per heavy atom. The highest BCUT2D eigenvalue weighted by molar-refractivity contribution is 7.17. The average Bonchev–Trinajstić information content (AvgIpc) is 3.08. The Morgan fingerprint density at radius 2 is 1.78 bits per heavy atom. The van der Waals surface area contributed by atoms with Crippen molar-refractivity contribution < 1.29 is 19.2 Å². The number of benzene rings is 2. The molecular weight excluding hydrogens is 368 g/mol. The highest BCUT2D eigenvalue weighted by atomic mass is 32.1. The van der Waals surface area contributed by atoms with Crippen LogP contribution in [0.1, 0.15) is 25.7 Å². The second-order valence-electron chi connectivity index (χ2n) is 5.60. The second-order valence-corrected chi connectivity index (χ2v) is 6.60. The summed E-state index contributed by atoms with van der Waals surface area (Å²) in [5, 5.41) is 11.3. The van der Waals surface area contributed by atoms with Crippen molar-refractivity contribution in [2.75, 3.05) is 6.61 Å². The minimum Gasteiger partial charge on any atom is -0.453 e. The third-order valence-electron chi connectivity index (χ3n) is 3.74. The van der Waals surface area contributed by atoms with E-state index >= 15 is 0 Å². The number of hydrogen-bond donors (Lipinski definition) is 0. The van der Waals surface area contributed by atoms with Gasteiger partial charge in [0, 0.05) is 23.3 Å². The summed E-state index contributed by atoms with van der Waals surface area (Å²) in [6.07, 6.45) is 0. The number of ketones is 1. The number of hydrogen-bond acceptors (Lipinski definition) is 7. The molecule has 0 N–H and O–H groups in total. The van der Waals surface area contributed by atoms with Crippen LogP contribution in [0.4, 0.5) is 5.69 Å². The van der Waals surface area contributed by atoms with Gasteiger partial charge < -0.3 is 4.74 Å². The Balaban J connectivity index is 1.66. The topological polar surface area (TPSA) is 99.4 Å². The fraction of sp³-hybridized carbons (Fsp3) is 0.105. The molecule has 0 aliphatic heterocycles. The highest BCUT2D eigenvalue weighted by Crippen LogP contribution is 2.28. The Hall–Kier alpha value is -3.39. The molecule has 27 heavy (non-hydrogen) atoms. The molecule has 0 saturated carbocycles. The molecule has 0 aliphatic rings. The van der Waals surface area contributed by atoms with Gasteiger partial charge in [-0.15, -0.1) is 11.3 Å². The van der Waals surface area contributed by atoms with Crippen molar-refractivity contribution in [1.29, 1.82) is 0 Å². The number of nitro benzene ring substituents is 1. The van der Waals surface area contributed by atoms with Crippen molar-refractivity contribution in [1.82, 2.24) is 4.98 Å². The van der Waals surface area contributed by atoms with E-state index in [0.717, 1.165) is 5.56 Å². The quantitative estimate of drug-likeness (QED) is 0.276. The van der Waals surface area contributed by atoms with Gasteiger partial charge in [-0.1, -0.05) is 30.3 Å². The number of thiazole rings is 1. The van der Waals surface area contributed by atoms with Crippen molar-refractivity contribution in [2.24, 2.45) is 0 Å². The molecule has 0 radical (unpaired) electrons. The largest absolute Gasteiger partial charge is 0.453 e. The number of aromatic nitrogens is 1. The van der Waals surface area contributed by atoms with Crippen molar-refractivity contribution >= 4 is 28.8 Å². The summed E-state index contributed by atoms with van der Waals surface area (Å²) >= 11 is 1.20. The van der Waals surface area contributed by atoms with Gasteiger partial charge in [-0.05, 0) is 19.1 Å². The highest BCUT2D eigenvalue weighted by Gasteiger charge is 2.19. The van der Waals surface area contributed by atoms with Gasteiger partial charge in [0.2, 0.25) is 0 Å². The molecule has 7 nitrogen and oxygen atoms in total. The first-order valence-electron chi connectivity index (χ1n) is 7.93. The Morgan fingerprint density at radius 3 is 2.41 bits per heavy atom. The fourth-order valence-corrected chi connectivity index (χ4v) is 3.30. The minimum atomic E-state index is -0.623. The lowest BCUT2D eigenvalue weighted by molar-refractivity contribution is -0.384. The Bertz CT molecular complexity index is 997. The van der Waals surface area contributed by atoms with E-state index in [0.29, 0.717) is 15.6 Å². The van der Waals surface area contributed by atoms with E-state index in [1.165, 1.54) is 35.6 Å². The van der Waals surface area contributed by atoms with E-state index in [4.69, 9.17) is 4.74 Å². The number of nitro groups is 1. The summed E-state index contributed by atoms with van der Waals surface area (Å²) in [5.41, 5.74) is 1.55. The van der Waals surface area contributed by atoms with Crippen molar-refractivity contribution in [3.63, 3.8) is 0 Å². The third-order valence-corrected chi connectivity index (χ3v) is 4.92. The number of carbonyl (C=O) groups excluding carboxylic acids is 2. The molecule has 1 heterocycles. The van der Waals surface area contributed by atoms with Gasteiger partial charge in [0.05, 0.1) is 10.6 Å². The molecule has 3 rings (SSSR count). The van der Waals surface area contributed by atoms with Crippen LogP contribution in [0.15, 0.2) is 54.6 Å². The number of carbonyl (C=O) groups is 2. The van der Waals surface area contributed by atoms with Crippen molar-refractivity contribution in [2.45, 2.75) is 6.92 Å². The van der Waals surface area contributed by atoms with Gasteiger partial charge >= 0.3 is 5.97 Å². The predicted octanol–water partition coefficient (Wildman–Crippen LogP) is 4.07. The van der Waals surface area contributed by atoms with Crippen LogP contribution >= 0.6 is 11.3 Å². The summed E-state index contributed by atoms with van der Waals surface area (Å²) in [5.74, 6) is -1.06. The summed E-state index contributed by atoms with van der Waals surface area (Å²) < 4.78 is 5.10. The van der Waals surface area contributed by atoms with Crippen LogP contribution in [0.5, 0.6) is 0 Å². The Labute approximate surface area is 158 Å². The SMILES string of the molecule is Cc1nc(-c2ccccc2)sc1C(=O)OCC(=O)c1ccc([N+](=O)[O-])cc1. The maximum absolute atomic E-state index is 12.3. The smallest absolute Gasteiger partial charge is 0.350 e. The molecule has 136 valence electrons. The van der Waals surface area contributed by atoms with Crippen LogP contribution in [0.2, 0.25) is 0 Å². The number of ether oxygens (including phenoxy) is 1. The van der Waals surface area contributed by atoms with Crippen molar-refractivity contribution in [3.05, 3.63) is 80.8 Å². The van der Waals surface area contributed by atoms with Crippen molar-refractivity contribution in [3.8, 4) is 10.6 Å². The zero-order chi connectivity index (χ0) is 19.4. The monoisotopic (exact) mass is 382 g/mol. The molecule has 0 saturated heterocycles. The van der Waals surface area contributed by atoms with Crippen LogP contribution in [0.3, 0.4) is 0 Å². The molecule has 3 aromatic rings. The first kappa shape index (κ1) is 18.4. The van der Waals surface area contributed by atoms with Crippen LogP contribution in [-0.2, 0) is 4.74 Å². The molecule has 0 atom stereocenters. The summed E-state index contributed by atoms with van der Waals surface area (Å²) in [6.45, 7) is 1.26. The lowest BCUT2D eigenvalue weighted by Crippen LogP contribution is -2.14. The van der Waals surface area contributed by atoms with E-state index in [-0.39, 0.29) is 11.3 Å². The first-order valence-corrected chi connectivity index (χ1v) is 8.75. The van der Waals surface area contributed by atoms with E-state index in [2.05, 4.69) is 4.98 Å². The molecule has 1 aromatic heterocycles. The molecule has 2 aromatic carbocycles. The van der Waals surface area contributed by atoms with Gasteiger partial charge in [-0.25, -0.2) is 9.78 Å². The van der Waals surface area contributed by atoms with Crippen LogP contribution < -0.4 is 0 Å². The molecular formula is C19H14N2O5S.